The van der Waals surface area contributed by atoms with Crippen LogP contribution in [0.3, 0.4) is 0 Å². The first kappa shape index (κ1) is 20.1. The number of hydrogen-bond donors (Lipinski definition) is 2. The normalized spacial score (nSPS) is 17.2. The molecule has 0 aliphatic carbocycles. The Morgan fingerprint density at radius 1 is 1.29 bits per heavy atom. The Kier molecular flexibility index (Phi) is 5.60. The summed E-state index contributed by atoms with van der Waals surface area (Å²) in [5.74, 6) is -0.211. The molecule has 0 bridgehead atoms. The zero-order chi connectivity index (χ0) is 20.5. The minimum atomic E-state index is -3.51. The highest BCUT2D eigenvalue weighted by Crippen LogP contribution is 2.28. The molecule has 1 aliphatic heterocycles. The summed E-state index contributed by atoms with van der Waals surface area (Å²) in [6.45, 7) is 3.35. The van der Waals surface area contributed by atoms with Crippen molar-refractivity contribution >= 4 is 21.6 Å². The fourth-order valence-electron chi connectivity index (χ4n) is 3.24. The first-order chi connectivity index (χ1) is 13.1. The third-order valence-corrected chi connectivity index (χ3v) is 5.27. The van der Waals surface area contributed by atoms with Crippen LogP contribution in [0.1, 0.15) is 36.1 Å². The van der Waals surface area contributed by atoms with Crippen molar-refractivity contribution in [1.29, 1.82) is 0 Å². The second-order valence-corrected chi connectivity index (χ2v) is 8.79. The number of ether oxygens (including phenoxy) is 1. The van der Waals surface area contributed by atoms with E-state index in [2.05, 4.69) is 10.0 Å². The van der Waals surface area contributed by atoms with Gasteiger partial charge in [0.1, 0.15) is 11.6 Å². The predicted molar refractivity (Wildman–Crippen MR) is 105 cm³/mol. The number of carbonyl (C=O) groups is 1. The van der Waals surface area contributed by atoms with Crippen molar-refractivity contribution in [2.24, 2.45) is 0 Å². The summed E-state index contributed by atoms with van der Waals surface area (Å²) in [6.07, 6.45) is 1.66. The van der Waals surface area contributed by atoms with Crippen LogP contribution in [0.5, 0.6) is 5.75 Å². The summed E-state index contributed by atoms with van der Waals surface area (Å²) in [7, 11) is -3.51. The number of halogens is 1. The molecule has 2 atom stereocenters. The third kappa shape index (κ3) is 4.62. The lowest BCUT2D eigenvalue weighted by Crippen LogP contribution is -2.41. The zero-order valence-corrected chi connectivity index (χ0v) is 16.8. The van der Waals surface area contributed by atoms with Gasteiger partial charge < -0.3 is 10.1 Å². The van der Waals surface area contributed by atoms with E-state index < -0.39 is 28.0 Å². The quantitative estimate of drug-likeness (QED) is 0.799. The van der Waals surface area contributed by atoms with Crippen LogP contribution >= 0.6 is 0 Å². The standard InChI is InChI=1S/C20H23FN2O4S/c1-12-10-15(16(21)11-17(12)23-28(3,25)26)13(2)22-20(24)19-9-8-14-6-4-5-7-18(14)27-19/h4-7,10-11,13,19,23H,8-9H2,1-3H3,(H,22,24)/t13-,19?/m1/s1. The van der Waals surface area contributed by atoms with Gasteiger partial charge in [-0.3, -0.25) is 9.52 Å². The number of amides is 1. The Balaban J connectivity index is 1.72. The van der Waals surface area contributed by atoms with Crippen molar-refractivity contribution in [3.8, 4) is 5.75 Å². The molecule has 8 heteroatoms. The molecule has 0 saturated carbocycles. The van der Waals surface area contributed by atoms with Crippen molar-refractivity contribution < 1.29 is 22.3 Å². The smallest absolute Gasteiger partial charge is 0.261 e. The molecule has 1 unspecified atom stereocenters. The van der Waals surface area contributed by atoms with Gasteiger partial charge in [0.2, 0.25) is 10.0 Å². The SMILES string of the molecule is Cc1cc([C@@H](C)NC(=O)C2CCc3ccccc3O2)c(F)cc1NS(C)(=O)=O. The van der Waals surface area contributed by atoms with Gasteiger partial charge in [0.05, 0.1) is 18.0 Å². The molecular weight excluding hydrogens is 383 g/mol. The van der Waals surface area contributed by atoms with Gasteiger partial charge in [0.15, 0.2) is 6.10 Å². The average Bonchev–Trinajstić information content (AvgIpc) is 2.62. The number of rotatable bonds is 5. The minimum absolute atomic E-state index is 0.175. The molecule has 0 spiro atoms. The predicted octanol–water partition coefficient (Wildman–Crippen LogP) is 3.08. The molecule has 0 radical (unpaired) electrons. The summed E-state index contributed by atoms with van der Waals surface area (Å²) < 4.78 is 45.4. The maximum absolute atomic E-state index is 14.5. The Morgan fingerprint density at radius 3 is 2.71 bits per heavy atom. The molecular formula is C20H23FN2O4S. The fourth-order valence-corrected chi connectivity index (χ4v) is 3.86. The second kappa shape index (κ2) is 7.79. The largest absolute Gasteiger partial charge is 0.480 e. The lowest BCUT2D eigenvalue weighted by molar-refractivity contribution is -0.129. The topological polar surface area (TPSA) is 84.5 Å². The van der Waals surface area contributed by atoms with Crippen molar-refractivity contribution in [1.82, 2.24) is 5.32 Å². The molecule has 2 aromatic rings. The van der Waals surface area contributed by atoms with E-state index in [0.29, 0.717) is 17.7 Å². The van der Waals surface area contributed by atoms with E-state index in [1.807, 2.05) is 24.3 Å². The van der Waals surface area contributed by atoms with E-state index in [0.717, 1.165) is 24.3 Å². The summed E-state index contributed by atoms with van der Waals surface area (Å²) >= 11 is 0. The first-order valence-corrected chi connectivity index (χ1v) is 10.9. The Hall–Kier alpha value is -2.61. The van der Waals surface area contributed by atoms with Gasteiger partial charge in [-0.25, -0.2) is 12.8 Å². The third-order valence-electron chi connectivity index (χ3n) is 4.67. The molecule has 150 valence electrons. The number of carbonyl (C=O) groups excluding carboxylic acids is 1. The first-order valence-electron chi connectivity index (χ1n) is 8.97. The lowest BCUT2D eigenvalue weighted by atomic mass is 10.0. The maximum Gasteiger partial charge on any atom is 0.261 e. The van der Waals surface area contributed by atoms with Crippen LogP contribution in [0.15, 0.2) is 36.4 Å². The van der Waals surface area contributed by atoms with Crippen LogP contribution in [0.2, 0.25) is 0 Å². The monoisotopic (exact) mass is 406 g/mol. The Bertz CT molecular complexity index is 1010. The van der Waals surface area contributed by atoms with Gasteiger partial charge in [-0.2, -0.15) is 0 Å². The number of para-hydroxylation sites is 1. The van der Waals surface area contributed by atoms with E-state index in [1.54, 1.807) is 13.8 Å². The van der Waals surface area contributed by atoms with Crippen molar-refractivity contribution in [3.63, 3.8) is 0 Å². The molecule has 1 aliphatic rings. The van der Waals surface area contributed by atoms with Crippen LogP contribution in [0.25, 0.3) is 0 Å². The number of benzene rings is 2. The second-order valence-electron chi connectivity index (χ2n) is 7.05. The highest BCUT2D eigenvalue weighted by molar-refractivity contribution is 7.92. The van der Waals surface area contributed by atoms with Gasteiger partial charge in [-0.15, -0.1) is 0 Å². The number of anilines is 1. The van der Waals surface area contributed by atoms with Gasteiger partial charge in [0, 0.05) is 5.56 Å². The van der Waals surface area contributed by atoms with Crippen LogP contribution < -0.4 is 14.8 Å². The molecule has 28 heavy (non-hydrogen) atoms. The fraction of sp³-hybridized carbons (Fsp3) is 0.350. The average molecular weight is 406 g/mol. The maximum atomic E-state index is 14.5. The van der Waals surface area contributed by atoms with Gasteiger partial charge in [-0.05, 0) is 56.0 Å². The van der Waals surface area contributed by atoms with Gasteiger partial charge in [-0.1, -0.05) is 18.2 Å². The number of nitrogens with one attached hydrogen (secondary N) is 2. The number of fused-ring (bicyclic) bond motifs is 1. The summed E-state index contributed by atoms with van der Waals surface area (Å²) in [4.78, 5) is 12.6. The number of hydrogen-bond acceptors (Lipinski definition) is 4. The molecule has 3 rings (SSSR count). The highest BCUT2D eigenvalue weighted by atomic mass is 32.2. The zero-order valence-electron chi connectivity index (χ0n) is 16.0. The van der Waals surface area contributed by atoms with E-state index >= 15 is 0 Å². The van der Waals surface area contributed by atoms with Crippen molar-refractivity contribution in [2.45, 2.75) is 38.8 Å². The van der Waals surface area contributed by atoms with Gasteiger partial charge >= 0.3 is 0 Å². The molecule has 2 aromatic carbocycles. The molecule has 0 fully saturated rings. The van der Waals surface area contributed by atoms with Crippen LogP contribution in [-0.4, -0.2) is 26.7 Å². The minimum Gasteiger partial charge on any atom is -0.480 e. The van der Waals surface area contributed by atoms with E-state index in [-0.39, 0.29) is 17.2 Å². The van der Waals surface area contributed by atoms with Crippen LogP contribution in [-0.2, 0) is 21.2 Å². The number of sulfonamides is 1. The molecule has 6 nitrogen and oxygen atoms in total. The van der Waals surface area contributed by atoms with Crippen molar-refractivity contribution in [2.75, 3.05) is 11.0 Å². The molecule has 1 heterocycles. The van der Waals surface area contributed by atoms with E-state index in [4.69, 9.17) is 4.74 Å². The summed E-state index contributed by atoms with van der Waals surface area (Å²) in [5, 5.41) is 2.79. The summed E-state index contributed by atoms with van der Waals surface area (Å²) in [5.41, 5.74) is 2.08. The Labute approximate surface area is 164 Å². The summed E-state index contributed by atoms with van der Waals surface area (Å²) in [6, 6.07) is 9.64. The number of aryl methyl sites for hydroxylation is 2. The molecule has 0 aromatic heterocycles. The van der Waals surface area contributed by atoms with E-state index in [9.17, 15) is 17.6 Å². The van der Waals surface area contributed by atoms with Crippen LogP contribution in [0.4, 0.5) is 10.1 Å². The highest BCUT2D eigenvalue weighted by Gasteiger charge is 2.27. The lowest BCUT2D eigenvalue weighted by Gasteiger charge is -2.27. The molecule has 2 N–H and O–H groups in total. The molecule has 1 amide bonds. The van der Waals surface area contributed by atoms with E-state index in [1.165, 1.54) is 6.07 Å². The van der Waals surface area contributed by atoms with Crippen molar-refractivity contribution in [3.05, 3.63) is 58.9 Å². The van der Waals surface area contributed by atoms with Gasteiger partial charge in [0.25, 0.3) is 5.91 Å². The molecule has 0 saturated heterocycles. The van der Waals surface area contributed by atoms with Crippen LogP contribution in [0, 0.1) is 12.7 Å². The Morgan fingerprint density at radius 2 is 2.00 bits per heavy atom.